The molecule has 0 bridgehead atoms. The number of hydrogen-bond donors (Lipinski definition) is 1. The molecule has 0 radical (unpaired) electrons. The molecule has 1 fully saturated rings. The van der Waals surface area contributed by atoms with Crippen molar-refractivity contribution in [3.05, 3.63) is 59.2 Å². The van der Waals surface area contributed by atoms with Gasteiger partial charge in [0.25, 0.3) is 5.91 Å². The molecular formula is C22H23N3O3. The van der Waals surface area contributed by atoms with E-state index in [1.54, 1.807) is 17.9 Å². The van der Waals surface area contributed by atoms with Crippen molar-refractivity contribution >= 4 is 29.1 Å². The Labute approximate surface area is 164 Å². The third-order valence-electron chi connectivity index (χ3n) is 5.35. The van der Waals surface area contributed by atoms with Crippen LogP contribution in [0.25, 0.3) is 0 Å². The molecule has 144 valence electrons. The molecule has 28 heavy (non-hydrogen) atoms. The summed E-state index contributed by atoms with van der Waals surface area (Å²) in [5.41, 5.74) is 4.19. The number of amides is 3. The number of carbonyl (C=O) groups excluding carboxylic acids is 3. The molecule has 0 spiro atoms. The monoisotopic (exact) mass is 377 g/mol. The van der Waals surface area contributed by atoms with Crippen LogP contribution in [0.3, 0.4) is 0 Å². The predicted octanol–water partition coefficient (Wildman–Crippen LogP) is 2.97. The van der Waals surface area contributed by atoms with E-state index in [0.717, 1.165) is 36.2 Å². The molecule has 1 N–H and O–H groups in total. The lowest BCUT2D eigenvalue weighted by atomic mass is 10.1. The first-order chi connectivity index (χ1) is 13.5. The summed E-state index contributed by atoms with van der Waals surface area (Å²) in [7, 11) is 0. The van der Waals surface area contributed by atoms with E-state index in [1.807, 2.05) is 41.3 Å². The Balaban J connectivity index is 1.46. The minimum absolute atomic E-state index is 0.0178. The van der Waals surface area contributed by atoms with E-state index in [4.69, 9.17) is 0 Å². The van der Waals surface area contributed by atoms with Crippen LogP contribution in [-0.4, -0.2) is 35.7 Å². The minimum atomic E-state index is -0.182. The Hall–Kier alpha value is -3.15. The SMILES string of the molecule is CC(=O)N1CCc2cc(C(=O)Nc3cccc(CN4CCCC4=O)c3)ccc21. The second-order valence-electron chi connectivity index (χ2n) is 7.34. The second kappa shape index (κ2) is 7.46. The summed E-state index contributed by atoms with van der Waals surface area (Å²) in [6.45, 7) is 3.58. The van der Waals surface area contributed by atoms with Crippen molar-refractivity contribution in [1.82, 2.24) is 4.90 Å². The highest BCUT2D eigenvalue weighted by Crippen LogP contribution is 2.29. The summed E-state index contributed by atoms with van der Waals surface area (Å²) in [5, 5.41) is 2.94. The van der Waals surface area contributed by atoms with Crippen molar-refractivity contribution in [3.8, 4) is 0 Å². The Bertz CT molecular complexity index is 954. The number of benzene rings is 2. The molecule has 2 aliphatic rings. The Morgan fingerprint density at radius 2 is 1.93 bits per heavy atom. The van der Waals surface area contributed by atoms with Gasteiger partial charge in [0, 0.05) is 49.9 Å². The molecule has 2 aromatic rings. The highest BCUT2D eigenvalue weighted by molar-refractivity contribution is 6.05. The van der Waals surface area contributed by atoms with Gasteiger partial charge in [-0.2, -0.15) is 0 Å². The number of nitrogens with zero attached hydrogens (tertiary/aromatic N) is 2. The molecule has 0 atom stereocenters. The lowest BCUT2D eigenvalue weighted by molar-refractivity contribution is -0.128. The van der Waals surface area contributed by atoms with Crippen LogP contribution in [0.2, 0.25) is 0 Å². The highest BCUT2D eigenvalue weighted by Gasteiger charge is 2.23. The van der Waals surface area contributed by atoms with Crippen molar-refractivity contribution in [2.75, 3.05) is 23.3 Å². The second-order valence-corrected chi connectivity index (χ2v) is 7.34. The molecule has 2 aromatic carbocycles. The zero-order chi connectivity index (χ0) is 19.7. The van der Waals surface area contributed by atoms with E-state index in [-0.39, 0.29) is 17.7 Å². The first kappa shape index (κ1) is 18.2. The lowest BCUT2D eigenvalue weighted by Crippen LogP contribution is -2.25. The number of hydrogen-bond acceptors (Lipinski definition) is 3. The third-order valence-corrected chi connectivity index (χ3v) is 5.35. The lowest BCUT2D eigenvalue weighted by Gasteiger charge is -2.16. The van der Waals surface area contributed by atoms with Gasteiger partial charge in [0.15, 0.2) is 0 Å². The normalized spacial score (nSPS) is 15.7. The topological polar surface area (TPSA) is 69.7 Å². The van der Waals surface area contributed by atoms with E-state index >= 15 is 0 Å². The van der Waals surface area contributed by atoms with Crippen molar-refractivity contribution in [2.24, 2.45) is 0 Å². The average Bonchev–Trinajstić information content (AvgIpc) is 3.28. The molecule has 3 amide bonds. The molecule has 0 unspecified atom stereocenters. The standard InChI is InChI=1S/C22H23N3O3/c1-15(26)25-11-9-17-13-18(7-8-20(17)25)22(28)23-19-5-2-4-16(12-19)14-24-10-3-6-21(24)27/h2,4-5,7-8,12-13H,3,6,9-11,14H2,1H3,(H,23,28). The first-order valence-corrected chi connectivity index (χ1v) is 9.60. The van der Waals surface area contributed by atoms with Gasteiger partial charge in [0.05, 0.1) is 0 Å². The average molecular weight is 377 g/mol. The number of carbonyl (C=O) groups is 3. The van der Waals surface area contributed by atoms with Gasteiger partial charge in [-0.25, -0.2) is 0 Å². The maximum absolute atomic E-state index is 12.7. The van der Waals surface area contributed by atoms with E-state index in [9.17, 15) is 14.4 Å². The molecular weight excluding hydrogens is 354 g/mol. The fourth-order valence-corrected chi connectivity index (χ4v) is 3.91. The number of anilines is 2. The molecule has 1 saturated heterocycles. The maximum atomic E-state index is 12.7. The van der Waals surface area contributed by atoms with Crippen LogP contribution in [0, 0.1) is 0 Å². The maximum Gasteiger partial charge on any atom is 0.255 e. The van der Waals surface area contributed by atoms with Gasteiger partial charge in [0.2, 0.25) is 11.8 Å². The van der Waals surface area contributed by atoms with Crippen LogP contribution in [-0.2, 0) is 22.6 Å². The number of nitrogens with one attached hydrogen (secondary N) is 1. The van der Waals surface area contributed by atoms with Crippen LogP contribution in [0.5, 0.6) is 0 Å². The smallest absolute Gasteiger partial charge is 0.255 e. The van der Waals surface area contributed by atoms with Crippen LogP contribution in [0.4, 0.5) is 11.4 Å². The van der Waals surface area contributed by atoms with Gasteiger partial charge < -0.3 is 15.1 Å². The molecule has 6 heteroatoms. The van der Waals surface area contributed by atoms with Gasteiger partial charge >= 0.3 is 0 Å². The molecule has 4 rings (SSSR count). The van der Waals surface area contributed by atoms with E-state index in [0.29, 0.717) is 30.8 Å². The summed E-state index contributed by atoms with van der Waals surface area (Å²) < 4.78 is 0. The minimum Gasteiger partial charge on any atom is -0.338 e. The fourth-order valence-electron chi connectivity index (χ4n) is 3.91. The predicted molar refractivity (Wildman–Crippen MR) is 107 cm³/mol. The Morgan fingerprint density at radius 1 is 1.07 bits per heavy atom. The summed E-state index contributed by atoms with van der Waals surface area (Å²) in [4.78, 5) is 39.7. The van der Waals surface area contributed by atoms with Crippen LogP contribution < -0.4 is 10.2 Å². The van der Waals surface area contributed by atoms with Gasteiger partial charge in [0.1, 0.15) is 0 Å². The first-order valence-electron chi connectivity index (χ1n) is 9.60. The van der Waals surface area contributed by atoms with Crippen LogP contribution in [0.15, 0.2) is 42.5 Å². The number of likely N-dealkylation sites (tertiary alicyclic amines) is 1. The molecule has 0 aliphatic carbocycles. The zero-order valence-electron chi connectivity index (χ0n) is 15.9. The molecule has 2 heterocycles. The summed E-state index contributed by atoms with van der Waals surface area (Å²) in [6.07, 6.45) is 2.29. The van der Waals surface area contributed by atoms with Crippen molar-refractivity contribution in [3.63, 3.8) is 0 Å². The number of fused-ring (bicyclic) bond motifs is 1. The van der Waals surface area contributed by atoms with Gasteiger partial charge in [-0.05, 0) is 54.3 Å². The Kier molecular flexibility index (Phi) is 4.86. The van der Waals surface area contributed by atoms with E-state index in [1.165, 1.54) is 0 Å². The third kappa shape index (κ3) is 3.63. The Morgan fingerprint density at radius 3 is 2.68 bits per heavy atom. The van der Waals surface area contributed by atoms with E-state index in [2.05, 4.69) is 5.32 Å². The van der Waals surface area contributed by atoms with Gasteiger partial charge in [-0.1, -0.05) is 12.1 Å². The van der Waals surface area contributed by atoms with Crippen LogP contribution >= 0.6 is 0 Å². The molecule has 2 aliphatic heterocycles. The van der Waals surface area contributed by atoms with Gasteiger partial charge in [-0.3, -0.25) is 14.4 Å². The molecule has 0 saturated carbocycles. The number of rotatable bonds is 4. The zero-order valence-corrected chi connectivity index (χ0v) is 15.9. The summed E-state index contributed by atoms with van der Waals surface area (Å²) >= 11 is 0. The highest BCUT2D eigenvalue weighted by atomic mass is 16.2. The quantitative estimate of drug-likeness (QED) is 0.891. The van der Waals surface area contributed by atoms with Crippen LogP contribution in [0.1, 0.15) is 41.3 Å². The molecule has 0 aromatic heterocycles. The van der Waals surface area contributed by atoms with Crippen molar-refractivity contribution in [1.29, 1.82) is 0 Å². The fraction of sp³-hybridized carbons (Fsp3) is 0.318. The summed E-state index contributed by atoms with van der Waals surface area (Å²) in [5.74, 6) is 0.0231. The summed E-state index contributed by atoms with van der Waals surface area (Å²) in [6, 6.07) is 13.1. The largest absolute Gasteiger partial charge is 0.338 e. The van der Waals surface area contributed by atoms with Gasteiger partial charge in [-0.15, -0.1) is 0 Å². The van der Waals surface area contributed by atoms with E-state index < -0.39 is 0 Å². The van der Waals surface area contributed by atoms with Crippen molar-refractivity contribution in [2.45, 2.75) is 32.7 Å². The van der Waals surface area contributed by atoms with Crippen molar-refractivity contribution < 1.29 is 14.4 Å². The molecule has 6 nitrogen and oxygen atoms in total.